The number of hydrogen-bond donors (Lipinski definition) is 1. The number of anilines is 1. The first-order chi connectivity index (χ1) is 6.29. The molecule has 0 unspecified atom stereocenters. The van der Waals surface area contributed by atoms with E-state index in [1.54, 1.807) is 10.7 Å². The van der Waals surface area contributed by atoms with Crippen molar-refractivity contribution in [1.29, 1.82) is 0 Å². The van der Waals surface area contributed by atoms with E-state index < -0.39 is 6.67 Å². The third-order valence-corrected chi connectivity index (χ3v) is 1.89. The topological polar surface area (TPSA) is 43.8 Å². The lowest BCUT2D eigenvalue weighted by molar-refractivity contribution is 0.428. The van der Waals surface area contributed by atoms with Gasteiger partial charge in [0.1, 0.15) is 6.67 Å². The number of aromatic nitrogens is 2. The van der Waals surface area contributed by atoms with Crippen LogP contribution in [0.3, 0.4) is 0 Å². The highest BCUT2D eigenvalue weighted by molar-refractivity contribution is 5.81. The van der Waals surface area contributed by atoms with Gasteiger partial charge in [0, 0.05) is 17.3 Å². The van der Waals surface area contributed by atoms with E-state index in [4.69, 9.17) is 5.73 Å². The van der Waals surface area contributed by atoms with Crippen LogP contribution in [-0.2, 0) is 6.54 Å². The second-order valence-corrected chi connectivity index (χ2v) is 2.90. The molecule has 13 heavy (non-hydrogen) atoms. The van der Waals surface area contributed by atoms with E-state index in [1.807, 2.05) is 18.3 Å². The maximum Gasteiger partial charge on any atom is 0.109 e. The molecule has 68 valence electrons. The van der Waals surface area contributed by atoms with E-state index >= 15 is 0 Å². The zero-order chi connectivity index (χ0) is 9.26. The van der Waals surface area contributed by atoms with Crippen LogP contribution in [0.5, 0.6) is 0 Å². The summed E-state index contributed by atoms with van der Waals surface area (Å²) in [6, 6.07) is 5.47. The van der Waals surface area contributed by atoms with E-state index in [0.717, 1.165) is 10.9 Å². The van der Waals surface area contributed by atoms with E-state index in [-0.39, 0.29) is 0 Å². The van der Waals surface area contributed by atoms with Crippen LogP contribution in [0, 0.1) is 0 Å². The van der Waals surface area contributed by atoms with Gasteiger partial charge in [-0.15, -0.1) is 0 Å². The molecule has 1 heterocycles. The third-order valence-electron chi connectivity index (χ3n) is 1.89. The molecule has 0 atom stereocenters. The summed E-state index contributed by atoms with van der Waals surface area (Å²) >= 11 is 0. The first kappa shape index (κ1) is 8.04. The minimum absolute atomic E-state index is 0.300. The summed E-state index contributed by atoms with van der Waals surface area (Å²) in [7, 11) is 0. The Labute approximate surface area is 75.0 Å². The maximum atomic E-state index is 12.0. The van der Waals surface area contributed by atoms with Crippen LogP contribution in [0.2, 0.25) is 0 Å². The van der Waals surface area contributed by atoms with Crippen molar-refractivity contribution in [2.75, 3.05) is 12.4 Å². The zero-order valence-electron chi connectivity index (χ0n) is 7.07. The molecular weight excluding hydrogens is 169 g/mol. The molecule has 3 nitrogen and oxygen atoms in total. The molecular formula is C9H10FN3. The van der Waals surface area contributed by atoms with Crippen molar-refractivity contribution in [2.45, 2.75) is 6.54 Å². The average molecular weight is 179 g/mol. The van der Waals surface area contributed by atoms with E-state index in [0.29, 0.717) is 12.2 Å². The summed E-state index contributed by atoms with van der Waals surface area (Å²) in [6.07, 6.45) is 1.81. The van der Waals surface area contributed by atoms with Crippen molar-refractivity contribution in [3.05, 3.63) is 24.4 Å². The van der Waals surface area contributed by atoms with Crippen molar-refractivity contribution in [3.63, 3.8) is 0 Å². The lowest BCUT2D eigenvalue weighted by Gasteiger charge is -1.91. The van der Waals surface area contributed by atoms with Crippen LogP contribution in [0.4, 0.5) is 10.1 Å². The molecule has 0 amide bonds. The molecule has 1 aromatic carbocycles. The number of nitrogens with zero attached hydrogens (tertiary/aromatic N) is 2. The number of halogens is 1. The predicted octanol–water partition coefficient (Wildman–Crippen LogP) is 1.59. The largest absolute Gasteiger partial charge is 0.399 e. The van der Waals surface area contributed by atoms with Gasteiger partial charge < -0.3 is 5.73 Å². The average Bonchev–Trinajstić information content (AvgIpc) is 2.46. The van der Waals surface area contributed by atoms with Crippen molar-refractivity contribution >= 4 is 16.6 Å². The molecule has 0 aliphatic heterocycles. The van der Waals surface area contributed by atoms with Gasteiger partial charge in [-0.1, -0.05) is 0 Å². The first-order valence-electron chi connectivity index (χ1n) is 4.08. The van der Waals surface area contributed by atoms with Crippen LogP contribution in [0.25, 0.3) is 10.9 Å². The second-order valence-electron chi connectivity index (χ2n) is 2.90. The number of fused-ring (bicyclic) bond motifs is 1. The van der Waals surface area contributed by atoms with Crippen LogP contribution >= 0.6 is 0 Å². The molecule has 2 aromatic rings. The zero-order valence-corrected chi connectivity index (χ0v) is 7.07. The Morgan fingerprint density at radius 1 is 1.46 bits per heavy atom. The highest BCUT2D eigenvalue weighted by Gasteiger charge is 1.99. The Balaban J connectivity index is 2.49. The van der Waals surface area contributed by atoms with Gasteiger partial charge in [0.15, 0.2) is 0 Å². The molecule has 2 N–H and O–H groups in total. The van der Waals surface area contributed by atoms with Gasteiger partial charge in [0.25, 0.3) is 0 Å². The van der Waals surface area contributed by atoms with Gasteiger partial charge in [-0.3, -0.25) is 4.68 Å². The Morgan fingerprint density at radius 3 is 3.08 bits per heavy atom. The van der Waals surface area contributed by atoms with Crippen molar-refractivity contribution in [1.82, 2.24) is 9.78 Å². The lowest BCUT2D eigenvalue weighted by atomic mass is 10.2. The number of benzene rings is 1. The summed E-state index contributed by atoms with van der Waals surface area (Å²) in [5, 5.41) is 5.15. The number of nitrogens with two attached hydrogens (primary N) is 1. The second kappa shape index (κ2) is 3.05. The predicted molar refractivity (Wildman–Crippen MR) is 50.1 cm³/mol. The van der Waals surface area contributed by atoms with E-state index in [9.17, 15) is 4.39 Å². The molecule has 0 bridgehead atoms. The highest BCUT2D eigenvalue weighted by atomic mass is 19.1. The molecule has 4 heteroatoms. The Bertz CT molecular complexity index is 422. The third kappa shape index (κ3) is 1.47. The van der Waals surface area contributed by atoms with Crippen LogP contribution in [-0.4, -0.2) is 16.5 Å². The normalized spacial score (nSPS) is 10.8. The number of rotatable bonds is 2. The molecule has 1 aromatic heterocycles. The molecule has 0 aliphatic rings. The van der Waals surface area contributed by atoms with Gasteiger partial charge in [-0.2, -0.15) is 5.10 Å². The summed E-state index contributed by atoms with van der Waals surface area (Å²) in [6.45, 7) is -0.0992. The molecule has 0 fully saturated rings. The van der Waals surface area contributed by atoms with Crippen molar-refractivity contribution < 1.29 is 4.39 Å². The summed E-state index contributed by atoms with van der Waals surface area (Å²) < 4.78 is 13.6. The number of hydrogen-bond acceptors (Lipinski definition) is 2. The molecule has 0 saturated heterocycles. The minimum atomic E-state index is -0.399. The summed E-state index contributed by atoms with van der Waals surface area (Å²) in [5.41, 5.74) is 7.08. The molecule has 2 rings (SSSR count). The number of aryl methyl sites for hydroxylation is 1. The standard InChI is InChI=1S/C9H10FN3/c10-3-4-13-6-7-1-2-8(11)5-9(7)12-13/h1-2,5-6H,3-4,11H2. The molecule has 0 saturated carbocycles. The smallest absolute Gasteiger partial charge is 0.109 e. The fourth-order valence-electron chi connectivity index (χ4n) is 1.29. The summed E-state index contributed by atoms with van der Waals surface area (Å²) in [5.74, 6) is 0. The van der Waals surface area contributed by atoms with Gasteiger partial charge in [-0.25, -0.2) is 4.39 Å². The van der Waals surface area contributed by atoms with Gasteiger partial charge >= 0.3 is 0 Å². The molecule has 0 spiro atoms. The number of nitrogen functional groups attached to an aromatic ring is 1. The Hall–Kier alpha value is -1.58. The SMILES string of the molecule is Nc1ccc2cn(CCF)nc2c1. The lowest BCUT2D eigenvalue weighted by Crippen LogP contribution is -1.98. The monoisotopic (exact) mass is 179 g/mol. The van der Waals surface area contributed by atoms with Crippen LogP contribution < -0.4 is 5.73 Å². The van der Waals surface area contributed by atoms with Gasteiger partial charge in [-0.05, 0) is 18.2 Å². The maximum absolute atomic E-state index is 12.0. The van der Waals surface area contributed by atoms with Crippen LogP contribution in [0.1, 0.15) is 0 Å². The quantitative estimate of drug-likeness (QED) is 0.711. The Kier molecular flexibility index (Phi) is 1.88. The highest BCUT2D eigenvalue weighted by Crippen LogP contribution is 2.15. The van der Waals surface area contributed by atoms with E-state index in [1.165, 1.54) is 0 Å². The fourth-order valence-corrected chi connectivity index (χ4v) is 1.29. The van der Waals surface area contributed by atoms with Crippen LogP contribution in [0.15, 0.2) is 24.4 Å². The van der Waals surface area contributed by atoms with Crippen molar-refractivity contribution in [2.24, 2.45) is 0 Å². The minimum Gasteiger partial charge on any atom is -0.399 e. The molecule has 0 radical (unpaired) electrons. The number of alkyl halides is 1. The summed E-state index contributed by atoms with van der Waals surface area (Å²) in [4.78, 5) is 0. The van der Waals surface area contributed by atoms with Gasteiger partial charge in [0.05, 0.1) is 12.1 Å². The van der Waals surface area contributed by atoms with Gasteiger partial charge in [0.2, 0.25) is 0 Å². The van der Waals surface area contributed by atoms with Crippen molar-refractivity contribution in [3.8, 4) is 0 Å². The Morgan fingerprint density at radius 2 is 2.31 bits per heavy atom. The molecule has 0 aliphatic carbocycles. The first-order valence-corrected chi connectivity index (χ1v) is 4.08. The fraction of sp³-hybridized carbons (Fsp3) is 0.222. The van der Waals surface area contributed by atoms with E-state index in [2.05, 4.69) is 5.10 Å².